The number of Topliss-reactive ketones (excluding diaryl/α,β-unsaturated/α-hetero) is 1. The molecule has 1 unspecified atom stereocenters. The van der Waals surface area contributed by atoms with E-state index in [4.69, 9.17) is 21.1 Å². The van der Waals surface area contributed by atoms with E-state index in [0.29, 0.717) is 54.0 Å². The Morgan fingerprint density at radius 2 is 1.73 bits per heavy atom. The molecular weight excluding hydrogens is 444 g/mol. The standard InChI is InChI=1S/C25H27ClN2O5/c1-3-27(4-2)11-12-28-22(16-5-8-18(26)9-6-16)21(24(30)25(28)31)23(29)17-7-10-19-20(15-17)33-14-13-32-19/h5-10,15,22,29H,3-4,11-14H2,1-2H3/b23-21-. The maximum Gasteiger partial charge on any atom is 0.295 e. The normalized spacial score (nSPS) is 19.4. The Morgan fingerprint density at radius 3 is 2.39 bits per heavy atom. The molecule has 0 aliphatic carbocycles. The summed E-state index contributed by atoms with van der Waals surface area (Å²) in [7, 11) is 0. The van der Waals surface area contributed by atoms with Gasteiger partial charge in [-0.3, -0.25) is 9.59 Å². The zero-order chi connectivity index (χ0) is 23.5. The second-order valence-corrected chi connectivity index (χ2v) is 8.37. The Labute approximate surface area is 198 Å². The van der Waals surface area contributed by atoms with Crippen molar-refractivity contribution in [3.8, 4) is 11.5 Å². The lowest BCUT2D eigenvalue weighted by atomic mass is 9.95. The summed E-state index contributed by atoms with van der Waals surface area (Å²) >= 11 is 6.07. The SMILES string of the molecule is CCN(CC)CCN1C(=O)C(=O)/C(=C(\O)c2ccc3c(c2)OCCO3)C1c1ccc(Cl)cc1. The quantitative estimate of drug-likeness (QED) is 0.376. The van der Waals surface area contributed by atoms with Gasteiger partial charge < -0.3 is 24.4 Å². The molecule has 1 saturated heterocycles. The fourth-order valence-electron chi connectivity index (χ4n) is 4.24. The summed E-state index contributed by atoms with van der Waals surface area (Å²) in [6.45, 7) is 7.61. The molecule has 2 aromatic carbocycles. The molecule has 1 N–H and O–H groups in total. The number of rotatable bonds is 7. The van der Waals surface area contributed by atoms with Crippen LogP contribution in [0.5, 0.6) is 11.5 Å². The molecule has 0 aromatic heterocycles. The van der Waals surface area contributed by atoms with Crippen LogP contribution in [-0.2, 0) is 9.59 Å². The molecule has 1 amide bonds. The molecule has 7 nitrogen and oxygen atoms in total. The highest BCUT2D eigenvalue weighted by atomic mass is 35.5. The first-order valence-electron chi connectivity index (χ1n) is 11.1. The van der Waals surface area contributed by atoms with Gasteiger partial charge in [0.15, 0.2) is 11.5 Å². The molecule has 0 spiro atoms. The monoisotopic (exact) mass is 470 g/mol. The fraction of sp³-hybridized carbons (Fsp3) is 0.360. The van der Waals surface area contributed by atoms with Crippen LogP contribution in [0.2, 0.25) is 5.02 Å². The number of likely N-dealkylation sites (N-methyl/N-ethyl adjacent to an activating group) is 1. The number of amides is 1. The molecule has 2 aromatic rings. The topological polar surface area (TPSA) is 79.3 Å². The van der Waals surface area contributed by atoms with Crippen molar-refractivity contribution >= 4 is 29.1 Å². The van der Waals surface area contributed by atoms with Gasteiger partial charge in [0.25, 0.3) is 11.7 Å². The van der Waals surface area contributed by atoms with Crippen molar-refractivity contribution in [1.29, 1.82) is 0 Å². The van der Waals surface area contributed by atoms with Crippen LogP contribution in [0, 0.1) is 0 Å². The Balaban J connectivity index is 1.78. The zero-order valence-corrected chi connectivity index (χ0v) is 19.5. The van der Waals surface area contributed by atoms with Gasteiger partial charge in [-0.05, 0) is 49.0 Å². The zero-order valence-electron chi connectivity index (χ0n) is 18.7. The molecule has 0 saturated carbocycles. The van der Waals surface area contributed by atoms with Crippen LogP contribution in [0.25, 0.3) is 5.76 Å². The van der Waals surface area contributed by atoms with Gasteiger partial charge in [0.05, 0.1) is 11.6 Å². The van der Waals surface area contributed by atoms with Crippen LogP contribution < -0.4 is 9.47 Å². The number of ketones is 1. The first-order chi connectivity index (χ1) is 15.9. The summed E-state index contributed by atoms with van der Waals surface area (Å²) < 4.78 is 11.2. The minimum atomic E-state index is -0.717. The maximum atomic E-state index is 13.1. The smallest absolute Gasteiger partial charge is 0.295 e. The predicted molar refractivity (Wildman–Crippen MR) is 126 cm³/mol. The van der Waals surface area contributed by atoms with Crippen molar-refractivity contribution in [1.82, 2.24) is 9.80 Å². The largest absolute Gasteiger partial charge is 0.507 e. The van der Waals surface area contributed by atoms with E-state index in [1.165, 1.54) is 4.90 Å². The molecule has 174 valence electrons. The minimum absolute atomic E-state index is 0.0542. The Hall–Kier alpha value is -3.03. The number of ether oxygens (including phenoxy) is 2. The molecular formula is C25H27ClN2O5. The minimum Gasteiger partial charge on any atom is -0.507 e. The summed E-state index contributed by atoms with van der Waals surface area (Å²) in [4.78, 5) is 29.9. The van der Waals surface area contributed by atoms with Crippen LogP contribution in [0.3, 0.4) is 0 Å². The molecule has 0 bridgehead atoms. The number of halogens is 1. The van der Waals surface area contributed by atoms with Gasteiger partial charge in [-0.2, -0.15) is 0 Å². The van der Waals surface area contributed by atoms with Gasteiger partial charge in [0.1, 0.15) is 19.0 Å². The van der Waals surface area contributed by atoms with Crippen LogP contribution in [0.4, 0.5) is 0 Å². The van der Waals surface area contributed by atoms with Crippen molar-refractivity contribution in [3.05, 3.63) is 64.2 Å². The van der Waals surface area contributed by atoms with Crippen LogP contribution in [-0.4, -0.2) is 66.0 Å². The van der Waals surface area contributed by atoms with Crippen molar-refractivity contribution in [2.45, 2.75) is 19.9 Å². The van der Waals surface area contributed by atoms with Gasteiger partial charge in [0, 0.05) is 23.7 Å². The van der Waals surface area contributed by atoms with Gasteiger partial charge in [-0.25, -0.2) is 0 Å². The fourth-order valence-corrected chi connectivity index (χ4v) is 4.36. The predicted octanol–water partition coefficient (Wildman–Crippen LogP) is 3.87. The lowest BCUT2D eigenvalue weighted by molar-refractivity contribution is -0.140. The highest BCUT2D eigenvalue weighted by Crippen LogP contribution is 2.41. The van der Waals surface area contributed by atoms with Crippen LogP contribution in [0.1, 0.15) is 31.0 Å². The second-order valence-electron chi connectivity index (χ2n) is 7.93. The van der Waals surface area contributed by atoms with Gasteiger partial charge in [-0.1, -0.05) is 37.6 Å². The summed E-state index contributed by atoms with van der Waals surface area (Å²) in [5, 5.41) is 11.8. The number of fused-ring (bicyclic) bond motifs is 1. The molecule has 4 rings (SSSR count). The first-order valence-corrected chi connectivity index (χ1v) is 11.5. The van der Waals surface area contributed by atoms with Gasteiger partial charge in [0.2, 0.25) is 0 Å². The van der Waals surface area contributed by atoms with E-state index < -0.39 is 17.7 Å². The Morgan fingerprint density at radius 1 is 1.06 bits per heavy atom. The van der Waals surface area contributed by atoms with E-state index in [1.54, 1.807) is 42.5 Å². The summed E-state index contributed by atoms with van der Waals surface area (Å²) in [5.41, 5.74) is 1.15. The van der Waals surface area contributed by atoms with Crippen molar-refractivity contribution in [2.75, 3.05) is 39.4 Å². The Bertz CT molecular complexity index is 1080. The van der Waals surface area contributed by atoms with Gasteiger partial charge >= 0.3 is 0 Å². The van der Waals surface area contributed by atoms with E-state index in [1.807, 2.05) is 0 Å². The van der Waals surface area contributed by atoms with E-state index in [2.05, 4.69) is 18.7 Å². The third kappa shape index (κ3) is 4.56. The molecule has 2 aliphatic rings. The molecule has 0 radical (unpaired) electrons. The number of likely N-dealkylation sites (tertiary alicyclic amines) is 1. The lowest BCUT2D eigenvalue weighted by Gasteiger charge is -2.28. The highest BCUT2D eigenvalue weighted by Gasteiger charge is 2.46. The highest BCUT2D eigenvalue weighted by molar-refractivity contribution is 6.46. The van der Waals surface area contributed by atoms with Gasteiger partial charge in [-0.15, -0.1) is 0 Å². The molecule has 1 atom stereocenters. The summed E-state index contributed by atoms with van der Waals surface area (Å²) in [6.07, 6.45) is 0. The van der Waals surface area contributed by atoms with Crippen LogP contribution >= 0.6 is 11.6 Å². The number of hydrogen-bond acceptors (Lipinski definition) is 6. The third-order valence-electron chi connectivity index (χ3n) is 6.09. The molecule has 2 heterocycles. The number of benzene rings is 2. The average Bonchev–Trinajstić information content (AvgIpc) is 3.09. The number of nitrogens with zero attached hydrogens (tertiary/aromatic N) is 2. The third-order valence-corrected chi connectivity index (χ3v) is 6.34. The van der Waals surface area contributed by atoms with E-state index >= 15 is 0 Å². The number of aliphatic hydroxyl groups excluding tert-OH is 1. The molecule has 33 heavy (non-hydrogen) atoms. The van der Waals surface area contributed by atoms with Crippen molar-refractivity contribution in [3.63, 3.8) is 0 Å². The first kappa shape index (κ1) is 23.1. The number of hydrogen-bond donors (Lipinski definition) is 1. The Kier molecular flexibility index (Phi) is 6.91. The van der Waals surface area contributed by atoms with Crippen molar-refractivity contribution in [2.24, 2.45) is 0 Å². The van der Waals surface area contributed by atoms with E-state index in [0.717, 1.165) is 13.1 Å². The van der Waals surface area contributed by atoms with E-state index in [-0.39, 0.29) is 11.3 Å². The van der Waals surface area contributed by atoms with Crippen LogP contribution in [0.15, 0.2) is 48.0 Å². The summed E-state index contributed by atoms with van der Waals surface area (Å²) in [5.74, 6) is -0.505. The molecule has 8 heteroatoms. The number of carbonyl (C=O) groups excluding carboxylic acids is 2. The average molecular weight is 471 g/mol. The number of carbonyl (C=O) groups is 2. The summed E-state index contributed by atoms with van der Waals surface area (Å²) in [6, 6.07) is 11.2. The van der Waals surface area contributed by atoms with E-state index in [9.17, 15) is 14.7 Å². The lowest BCUT2D eigenvalue weighted by Crippen LogP contribution is -2.38. The number of aliphatic hydroxyl groups is 1. The molecule has 2 aliphatic heterocycles. The second kappa shape index (κ2) is 9.85. The van der Waals surface area contributed by atoms with Crippen molar-refractivity contribution < 1.29 is 24.2 Å². The maximum absolute atomic E-state index is 13.1. The molecule has 1 fully saturated rings.